The lowest BCUT2D eigenvalue weighted by Gasteiger charge is -2.28. The largest absolute Gasteiger partial charge is 0.294 e. The van der Waals surface area contributed by atoms with E-state index in [0.29, 0.717) is 0 Å². The molecule has 1 N–H and O–H groups in total. The minimum absolute atomic E-state index is 0.0666. The molecule has 0 heterocycles. The topological polar surface area (TPSA) is 54.4 Å². The third-order valence-electron chi connectivity index (χ3n) is 4.32. The van der Waals surface area contributed by atoms with Crippen molar-refractivity contribution in [3.05, 3.63) is 29.8 Å². The van der Waals surface area contributed by atoms with Gasteiger partial charge in [0.25, 0.3) is 10.1 Å². The van der Waals surface area contributed by atoms with Crippen LogP contribution in [-0.2, 0) is 10.1 Å². The summed E-state index contributed by atoms with van der Waals surface area (Å²) >= 11 is 0. The molecule has 2 rings (SSSR count). The molecular formula is C17H28O3S. The third kappa shape index (κ3) is 6.62. The fourth-order valence-electron chi connectivity index (χ4n) is 2.66. The Bertz CT molecular complexity index is 509. The van der Waals surface area contributed by atoms with E-state index in [4.69, 9.17) is 4.55 Å². The summed E-state index contributed by atoms with van der Waals surface area (Å²) in [6.07, 6.45) is 5.92. The zero-order valence-corrected chi connectivity index (χ0v) is 14.4. The molecule has 1 aliphatic carbocycles. The molecule has 1 fully saturated rings. The molecule has 0 bridgehead atoms. The molecule has 0 unspecified atom stereocenters. The predicted octanol–water partition coefficient (Wildman–Crippen LogP) is 4.71. The average Bonchev–Trinajstić information content (AvgIpc) is 2.39. The average molecular weight is 312 g/mol. The van der Waals surface area contributed by atoms with Gasteiger partial charge in [-0.3, -0.25) is 4.55 Å². The van der Waals surface area contributed by atoms with Gasteiger partial charge in [0.05, 0.1) is 4.90 Å². The number of hydrogen-bond acceptors (Lipinski definition) is 2. The van der Waals surface area contributed by atoms with E-state index in [2.05, 4.69) is 20.8 Å². The van der Waals surface area contributed by atoms with E-state index in [1.165, 1.54) is 37.8 Å². The standard InChI is InChI=1S/C10H20.C7H8O3S/c1-8(2)10-6-4-9(3)5-7-10;1-6-2-4-7(5-3-6)11(8,9)10/h8-10H,4-7H2,1-3H3;2-5H,1H3,(H,8,9,10). The van der Waals surface area contributed by atoms with Gasteiger partial charge >= 0.3 is 0 Å². The Balaban J connectivity index is 0.000000211. The van der Waals surface area contributed by atoms with Crippen molar-refractivity contribution in [2.75, 3.05) is 0 Å². The van der Waals surface area contributed by atoms with Gasteiger partial charge in [-0.1, -0.05) is 51.3 Å². The molecule has 0 spiro atoms. The van der Waals surface area contributed by atoms with Gasteiger partial charge < -0.3 is 0 Å². The summed E-state index contributed by atoms with van der Waals surface area (Å²) in [7, 11) is -4.02. The Morgan fingerprint density at radius 2 is 1.52 bits per heavy atom. The van der Waals surface area contributed by atoms with Crippen molar-refractivity contribution in [3.8, 4) is 0 Å². The van der Waals surface area contributed by atoms with Crippen LogP contribution in [0, 0.1) is 24.7 Å². The van der Waals surface area contributed by atoms with Crippen LogP contribution in [-0.4, -0.2) is 13.0 Å². The maximum absolute atomic E-state index is 10.5. The lowest BCUT2D eigenvalue weighted by Crippen LogP contribution is -2.16. The highest BCUT2D eigenvalue weighted by Gasteiger charge is 2.20. The Kier molecular flexibility index (Phi) is 6.88. The number of benzene rings is 1. The first kappa shape index (κ1) is 18.2. The van der Waals surface area contributed by atoms with E-state index in [9.17, 15) is 8.42 Å². The molecule has 21 heavy (non-hydrogen) atoms. The van der Waals surface area contributed by atoms with Crippen LogP contribution in [0.25, 0.3) is 0 Å². The fraction of sp³-hybridized carbons (Fsp3) is 0.647. The van der Waals surface area contributed by atoms with Gasteiger partial charge in [-0.05, 0) is 49.7 Å². The van der Waals surface area contributed by atoms with Crippen molar-refractivity contribution >= 4 is 10.1 Å². The fourth-order valence-corrected chi connectivity index (χ4v) is 3.14. The van der Waals surface area contributed by atoms with E-state index in [1.807, 2.05) is 6.92 Å². The second-order valence-corrected chi connectivity index (χ2v) is 7.97. The summed E-state index contributed by atoms with van der Waals surface area (Å²) in [6, 6.07) is 5.99. The molecule has 0 atom stereocenters. The number of rotatable bonds is 2. The maximum atomic E-state index is 10.5. The van der Waals surface area contributed by atoms with E-state index in [-0.39, 0.29) is 4.90 Å². The summed E-state index contributed by atoms with van der Waals surface area (Å²) < 4.78 is 29.6. The SMILES string of the molecule is CC1CCC(C(C)C)CC1.Cc1ccc(S(=O)(=O)O)cc1. The first-order valence-corrected chi connectivity index (χ1v) is 9.18. The molecular weight excluding hydrogens is 284 g/mol. The van der Waals surface area contributed by atoms with Crippen molar-refractivity contribution in [3.63, 3.8) is 0 Å². The van der Waals surface area contributed by atoms with E-state index in [1.54, 1.807) is 12.1 Å². The lowest BCUT2D eigenvalue weighted by molar-refractivity contribution is 0.234. The molecule has 1 aromatic carbocycles. The highest BCUT2D eigenvalue weighted by Crippen LogP contribution is 2.32. The third-order valence-corrected chi connectivity index (χ3v) is 5.19. The number of hydrogen-bond donors (Lipinski definition) is 1. The summed E-state index contributed by atoms with van der Waals surface area (Å²) in [4.78, 5) is -0.0666. The van der Waals surface area contributed by atoms with Gasteiger partial charge in [-0.2, -0.15) is 8.42 Å². The molecule has 1 saturated carbocycles. The Morgan fingerprint density at radius 3 is 1.90 bits per heavy atom. The van der Waals surface area contributed by atoms with E-state index >= 15 is 0 Å². The van der Waals surface area contributed by atoms with Crippen LogP contribution in [0.1, 0.15) is 52.0 Å². The monoisotopic (exact) mass is 312 g/mol. The molecule has 0 aromatic heterocycles. The quantitative estimate of drug-likeness (QED) is 0.805. The smallest absolute Gasteiger partial charge is 0.282 e. The first-order valence-electron chi connectivity index (χ1n) is 7.74. The molecule has 0 radical (unpaired) electrons. The van der Waals surface area contributed by atoms with Gasteiger partial charge in [0.2, 0.25) is 0 Å². The zero-order valence-electron chi connectivity index (χ0n) is 13.5. The zero-order chi connectivity index (χ0) is 16.0. The second-order valence-electron chi connectivity index (χ2n) is 6.55. The van der Waals surface area contributed by atoms with Crippen molar-refractivity contribution in [2.24, 2.45) is 17.8 Å². The maximum Gasteiger partial charge on any atom is 0.294 e. The van der Waals surface area contributed by atoms with Crippen molar-refractivity contribution in [2.45, 2.75) is 58.3 Å². The predicted molar refractivity (Wildman–Crippen MR) is 87.0 cm³/mol. The molecule has 1 aromatic rings. The Morgan fingerprint density at radius 1 is 1.05 bits per heavy atom. The molecule has 0 amide bonds. The van der Waals surface area contributed by atoms with Crippen molar-refractivity contribution in [1.29, 1.82) is 0 Å². The highest BCUT2D eigenvalue weighted by atomic mass is 32.2. The Labute approximate surface area is 129 Å². The summed E-state index contributed by atoms with van der Waals surface area (Å²) in [5.41, 5.74) is 0.956. The normalized spacial score (nSPS) is 22.6. The molecule has 0 aliphatic heterocycles. The van der Waals surface area contributed by atoms with Crippen LogP contribution >= 0.6 is 0 Å². The lowest BCUT2D eigenvalue weighted by atomic mass is 9.78. The van der Waals surface area contributed by atoms with Gasteiger partial charge in [0, 0.05) is 0 Å². The van der Waals surface area contributed by atoms with Crippen LogP contribution in [0.15, 0.2) is 29.2 Å². The van der Waals surface area contributed by atoms with Crippen LogP contribution in [0.4, 0.5) is 0 Å². The van der Waals surface area contributed by atoms with Gasteiger partial charge in [-0.25, -0.2) is 0 Å². The second kappa shape index (κ2) is 7.95. The molecule has 0 saturated heterocycles. The van der Waals surface area contributed by atoms with Crippen molar-refractivity contribution < 1.29 is 13.0 Å². The van der Waals surface area contributed by atoms with Crippen LogP contribution in [0.3, 0.4) is 0 Å². The minimum atomic E-state index is -4.02. The van der Waals surface area contributed by atoms with Crippen molar-refractivity contribution in [1.82, 2.24) is 0 Å². The van der Waals surface area contributed by atoms with Crippen LogP contribution < -0.4 is 0 Å². The van der Waals surface area contributed by atoms with Gasteiger partial charge in [-0.15, -0.1) is 0 Å². The van der Waals surface area contributed by atoms with Crippen LogP contribution in [0.2, 0.25) is 0 Å². The Hall–Kier alpha value is -0.870. The molecule has 3 nitrogen and oxygen atoms in total. The van der Waals surface area contributed by atoms with Crippen LogP contribution in [0.5, 0.6) is 0 Å². The van der Waals surface area contributed by atoms with E-state index < -0.39 is 10.1 Å². The summed E-state index contributed by atoms with van der Waals surface area (Å²) in [6.45, 7) is 8.95. The summed E-state index contributed by atoms with van der Waals surface area (Å²) in [5, 5.41) is 0. The molecule has 1 aliphatic rings. The molecule has 4 heteroatoms. The summed E-state index contributed by atoms with van der Waals surface area (Å²) in [5.74, 6) is 2.97. The minimum Gasteiger partial charge on any atom is -0.282 e. The van der Waals surface area contributed by atoms with Gasteiger partial charge in [0.15, 0.2) is 0 Å². The molecule has 120 valence electrons. The van der Waals surface area contributed by atoms with E-state index in [0.717, 1.165) is 23.3 Å². The van der Waals surface area contributed by atoms with Gasteiger partial charge in [0.1, 0.15) is 0 Å². The number of aryl methyl sites for hydroxylation is 1. The highest BCUT2D eigenvalue weighted by molar-refractivity contribution is 7.85. The first-order chi connectivity index (χ1) is 9.70.